The van der Waals surface area contributed by atoms with E-state index in [-0.39, 0.29) is 92.5 Å². The number of pyridine rings is 1. The second kappa shape index (κ2) is 30.6. The van der Waals surface area contributed by atoms with Crippen molar-refractivity contribution in [3.8, 4) is 11.1 Å². The summed E-state index contributed by atoms with van der Waals surface area (Å²) in [5.74, 6) is 0.300. The van der Waals surface area contributed by atoms with Crippen LogP contribution in [0.3, 0.4) is 0 Å². The fraction of sp³-hybridized carbons (Fsp3) is 0.290. The van der Waals surface area contributed by atoms with Gasteiger partial charge in [-0.3, -0.25) is 37.4 Å². The molecule has 4 aromatic rings. The van der Waals surface area contributed by atoms with Crippen molar-refractivity contribution in [3.05, 3.63) is 203 Å². The Kier molecular flexibility index (Phi) is 22.9. The zero-order chi connectivity index (χ0) is 58.2. The molecule has 1 saturated carbocycles. The van der Waals surface area contributed by atoms with Gasteiger partial charge in [-0.15, -0.1) is 0 Å². The number of benzene rings is 1. The molecular weight excluding hydrogens is 1110 g/mol. The van der Waals surface area contributed by atoms with Crippen molar-refractivity contribution in [2.24, 2.45) is 11.8 Å². The molecule has 0 spiro atoms. The van der Waals surface area contributed by atoms with Gasteiger partial charge in [-0.2, -0.15) is 5.10 Å². The lowest BCUT2D eigenvalue weighted by Crippen LogP contribution is -2.47. The molecule has 2 aliphatic rings. The van der Waals surface area contributed by atoms with E-state index in [1.807, 2.05) is 26.0 Å². The summed E-state index contributed by atoms with van der Waals surface area (Å²) in [4.78, 5) is 68.8. The highest BCUT2D eigenvalue weighted by Crippen LogP contribution is 2.50. The van der Waals surface area contributed by atoms with Gasteiger partial charge in [0.1, 0.15) is 65.9 Å². The van der Waals surface area contributed by atoms with Gasteiger partial charge >= 0.3 is 7.82 Å². The fourth-order valence-corrected chi connectivity index (χ4v) is 9.28. The van der Waals surface area contributed by atoms with E-state index in [0.29, 0.717) is 44.8 Å². The molecule has 0 bridgehead atoms. The van der Waals surface area contributed by atoms with E-state index in [1.54, 1.807) is 43.3 Å². The number of Topliss-reactive ketones (excluding diaryl/α,β-unsaturated/α-hetero) is 2. The number of phosphoric acid groups is 1. The molecule has 6 rings (SSSR count). The van der Waals surface area contributed by atoms with Crippen molar-refractivity contribution in [1.82, 2.24) is 29.6 Å². The Morgan fingerprint density at radius 1 is 0.741 bits per heavy atom. The Labute approximate surface area is 475 Å². The lowest BCUT2D eigenvalue weighted by atomic mass is 10.0. The lowest BCUT2D eigenvalue weighted by molar-refractivity contribution is -0.138. The number of halogens is 1. The van der Waals surface area contributed by atoms with Crippen molar-refractivity contribution in [1.29, 1.82) is 0 Å². The maximum Gasteiger partial charge on any atom is 0.475 e. The average Bonchev–Trinajstić information content (AvgIpc) is 4.12. The van der Waals surface area contributed by atoms with Crippen LogP contribution in [0.4, 0.5) is 5.82 Å². The Bertz CT molecular complexity index is 3960. The van der Waals surface area contributed by atoms with Gasteiger partial charge in [-0.25, -0.2) is 19.5 Å². The molecule has 3 aromatic heterocycles. The molecule has 17 nitrogen and oxygen atoms in total. The highest BCUT2D eigenvalue weighted by molar-refractivity contribution is 9.10. The number of amides is 2. The van der Waals surface area contributed by atoms with Gasteiger partial charge in [0.25, 0.3) is 0 Å². The van der Waals surface area contributed by atoms with Crippen LogP contribution in [0, 0.1) is 25.7 Å². The number of piperidine rings is 1. The third kappa shape index (κ3) is 18.8. The predicted molar refractivity (Wildman–Crippen MR) is 298 cm³/mol. The molecule has 1 saturated heterocycles. The normalized spacial score (nSPS) is 14.3. The second-order valence-electron chi connectivity index (χ2n) is 17.4. The minimum absolute atomic E-state index is 0.0533. The third-order valence-corrected chi connectivity index (χ3v) is 13.5. The van der Waals surface area contributed by atoms with E-state index < -0.39 is 26.3 Å². The van der Waals surface area contributed by atoms with Crippen LogP contribution in [-0.2, 0) is 55.0 Å². The number of hydrogen-bond acceptors (Lipinski definition) is 14. The number of ketones is 2. The number of ether oxygens (including phenoxy) is 2. The van der Waals surface area contributed by atoms with Gasteiger partial charge in [0, 0.05) is 63.5 Å². The zero-order valence-corrected chi connectivity index (χ0v) is 47.3. The van der Waals surface area contributed by atoms with Crippen LogP contribution in [-0.4, -0.2) is 98.6 Å². The van der Waals surface area contributed by atoms with Crippen LogP contribution in [0.2, 0.25) is 0 Å². The standard InChI is InChI=1S/C62H49BrN7O10P/c1-8-10-12-14-16-18-20-22-24-26-46(5)76-32-34-78-81(75,79-35-33-77-47(6)27-25-23-21-19-17-15-13-11-9-2)80-43-52(72)29-31-56-64-39-51(40-65-56)49-36-45(4)59-54(37-49)58(48(7)71)68-70(59)42-57(73)69-41-50-38-53(50)60(69)62(74)67-61-44(3)28-30-55(63)66-61/h28,30,36-37,39-40,50,53,60H,1-2,29,31-35,38,41-43H2,3-7H3,(H,66,67,74)/t50-,53-,60+/m1/s1. The van der Waals surface area contributed by atoms with Crippen LogP contribution in [0.1, 0.15) is 61.1 Å². The van der Waals surface area contributed by atoms with Crippen molar-refractivity contribution < 1.29 is 46.8 Å². The molecule has 1 N–H and O–H groups in total. The van der Waals surface area contributed by atoms with E-state index in [4.69, 9.17) is 23.0 Å². The average molecular weight is 1160 g/mol. The van der Waals surface area contributed by atoms with E-state index in [0.717, 1.165) is 17.5 Å². The Hall–Kier alpha value is -9.53. The van der Waals surface area contributed by atoms with Crippen LogP contribution >= 0.6 is 23.8 Å². The van der Waals surface area contributed by atoms with Crippen molar-refractivity contribution in [2.45, 2.75) is 66.5 Å². The SMILES string of the molecule is C=C=C=C=C=C=C=C=C=C=C=C(C)OCCOP(=O)(OCCOC(C)=C=C=C=C=C=C=C=C=C=C=C)OCC(=O)CCc1ncc(-c2cc(C)c3c(c2)c(C(C)=O)nn3CC(=O)N2C[C@H]3C[C@H]3[C@H]2C(=O)Nc2nc(Br)ccc2C)cn1. The summed E-state index contributed by atoms with van der Waals surface area (Å²) >= 11 is 3.36. The lowest BCUT2D eigenvalue weighted by Gasteiger charge is -2.27. The zero-order valence-electron chi connectivity index (χ0n) is 44.8. The number of carbonyl (C=O) groups excluding carboxylic acids is 4. The quantitative estimate of drug-likeness (QED) is 0.0194. The number of allylic oxidation sites excluding steroid dienone is 2. The number of phosphoric ester groups is 1. The number of rotatable bonds is 22. The van der Waals surface area contributed by atoms with Gasteiger partial charge in [0.15, 0.2) is 11.6 Å². The summed E-state index contributed by atoms with van der Waals surface area (Å²) in [6.07, 6.45) is 4.09. The monoisotopic (exact) mass is 1160 g/mol. The number of nitrogens with one attached hydrogen (secondary N) is 1. The van der Waals surface area contributed by atoms with Crippen molar-refractivity contribution in [2.75, 3.05) is 44.9 Å². The highest BCUT2D eigenvalue weighted by Gasteiger charge is 2.57. The number of carbonyl (C=O) groups is 4. The number of anilines is 1. The molecule has 0 unspecified atom stereocenters. The minimum Gasteiger partial charge on any atom is -0.487 e. The molecule has 81 heavy (non-hydrogen) atoms. The van der Waals surface area contributed by atoms with E-state index in [9.17, 15) is 23.7 Å². The summed E-state index contributed by atoms with van der Waals surface area (Å²) in [6.45, 7) is 13.9. The maximum atomic E-state index is 14.0. The maximum absolute atomic E-state index is 14.0. The predicted octanol–water partition coefficient (Wildman–Crippen LogP) is 9.82. The first-order valence-corrected chi connectivity index (χ1v) is 27.0. The summed E-state index contributed by atoms with van der Waals surface area (Å²) < 4.78 is 43.4. The smallest absolute Gasteiger partial charge is 0.475 e. The van der Waals surface area contributed by atoms with E-state index in [1.165, 1.54) is 11.6 Å². The number of aryl methyl sites for hydroxylation is 3. The van der Waals surface area contributed by atoms with E-state index in [2.05, 4.69) is 169 Å². The topological polar surface area (TPSA) is 203 Å². The number of nitrogens with zero attached hydrogens (tertiary/aromatic N) is 6. The second-order valence-corrected chi connectivity index (χ2v) is 19.9. The van der Waals surface area contributed by atoms with Gasteiger partial charge in [0.2, 0.25) is 11.8 Å². The van der Waals surface area contributed by atoms with Crippen LogP contribution in [0.5, 0.6) is 0 Å². The van der Waals surface area contributed by atoms with Crippen LogP contribution < -0.4 is 5.32 Å². The number of likely N-dealkylation sites (tertiary alicyclic amines) is 1. The first kappa shape index (κ1) is 60.7. The van der Waals surface area contributed by atoms with E-state index >= 15 is 0 Å². The fourth-order valence-electron chi connectivity index (χ4n) is 7.85. The molecule has 1 aliphatic carbocycles. The van der Waals surface area contributed by atoms with Crippen molar-refractivity contribution in [3.63, 3.8) is 0 Å². The molecule has 2 amide bonds. The molecule has 404 valence electrons. The molecule has 2 fully saturated rings. The third-order valence-electron chi connectivity index (χ3n) is 11.6. The molecule has 1 aromatic carbocycles. The molecule has 3 atom stereocenters. The first-order valence-electron chi connectivity index (χ1n) is 24.7. The Morgan fingerprint density at radius 3 is 1.88 bits per heavy atom. The number of hydrogen-bond donors (Lipinski definition) is 1. The minimum atomic E-state index is -4.37. The van der Waals surface area contributed by atoms with Gasteiger partial charge in [-0.1, -0.05) is 17.5 Å². The van der Waals surface area contributed by atoms with Crippen LogP contribution in [0.25, 0.3) is 22.0 Å². The first-order chi connectivity index (χ1) is 39.1. The van der Waals surface area contributed by atoms with Crippen molar-refractivity contribution >= 4 is 63.9 Å². The molecule has 19 heteroatoms. The molecule has 0 radical (unpaired) electrons. The summed E-state index contributed by atoms with van der Waals surface area (Å²) in [7, 11) is -4.37. The summed E-state index contributed by atoms with van der Waals surface area (Å²) in [5.41, 5.74) is 54.0. The summed E-state index contributed by atoms with van der Waals surface area (Å²) in [6, 6.07) is 6.66. The summed E-state index contributed by atoms with van der Waals surface area (Å²) in [5, 5.41) is 8.08. The molecular formula is C62H49BrN7O10P. The Morgan fingerprint density at radius 2 is 1.31 bits per heavy atom. The molecule has 1 aliphatic heterocycles. The number of fused-ring (bicyclic) bond motifs is 2. The van der Waals surface area contributed by atoms with Gasteiger partial charge < -0.3 is 19.7 Å². The molecule has 4 heterocycles. The Balaban J connectivity index is 1.08. The highest BCUT2D eigenvalue weighted by atomic mass is 79.9. The van der Waals surface area contributed by atoms with Gasteiger partial charge in [0.05, 0.1) is 18.7 Å². The van der Waals surface area contributed by atoms with Gasteiger partial charge in [-0.05, 0) is 199 Å². The number of aromatic nitrogens is 5. The largest absolute Gasteiger partial charge is 0.487 e. The van der Waals surface area contributed by atoms with Crippen LogP contribution in [0.15, 0.2) is 181 Å².